The van der Waals surface area contributed by atoms with Gasteiger partial charge in [-0.3, -0.25) is 0 Å². The van der Waals surface area contributed by atoms with Crippen LogP contribution in [0.2, 0.25) is 0 Å². The first kappa shape index (κ1) is 22.3. The van der Waals surface area contributed by atoms with Gasteiger partial charge in [0.2, 0.25) is 5.95 Å². The third-order valence-electron chi connectivity index (χ3n) is 5.65. The lowest BCUT2D eigenvalue weighted by molar-refractivity contribution is -0.138. The molecular weight excluding hydrogens is 447 g/mol. The molecule has 0 radical (unpaired) electrons. The van der Waals surface area contributed by atoms with Crippen LogP contribution in [0.1, 0.15) is 29.7 Å². The minimum absolute atomic E-state index is 0.238. The van der Waals surface area contributed by atoms with Gasteiger partial charge in [0.25, 0.3) is 0 Å². The second-order valence-electron chi connectivity index (χ2n) is 7.92. The maximum atomic E-state index is 13.3. The molecule has 3 aromatic carbocycles. The summed E-state index contributed by atoms with van der Waals surface area (Å²) in [6, 6.07) is 22.6. The summed E-state index contributed by atoms with van der Waals surface area (Å²) in [4.78, 5) is 17.6. The average Bonchev–Trinajstić information content (AvgIpc) is 3.36. The van der Waals surface area contributed by atoms with Gasteiger partial charge < -0.3 is 14.8 Å². The summed E-state index contributed by atoms with van der Waals surface area (Å²) in [6.45, 7) is 2.29. The molecule has 5 rings (SSSR count). The van der Waals surface area contributed by atoms with Crippen LogP contribution in [0, 0.1) is 5.82 Å². The molecule has 0 unspecified atom stereocenters. The number of hydrogen-bond donors (Lipinski definition) is 1. The average molecular weight is 471 g/mol. The number of hydrogen-bond acceptors (Lipinski definition) is 6. The highest BCUT2D eigenvalue weighted by Crippen LogP contribution is 2.39. The van der Waals surface area contributed by atoms with Gasteiger partial charge in [-0.05, 0) is 47.9 Å². The Bertz CT molecular complexity index is 1370. The van der Waals surface area contributed by atoms with Crippen LogP contribution in [-0.2, 0) is 16.1 Å². The Kier molecular flexibility index (Phi) is 6.26. The molecular formula is C27H23FN4O3. The van der Waals surface area contributed by atoms with Crippen molar-refractivity contribution in [1.29, 1.82) is 0 Å². The Morgan fingerprint density at radius 2 is 1.86 bits per heavy atom. The van der Waals surface area contributed by atoms with Gasteiger partial charge in [0.05, 0.1) is 17.9 Å². The van der Waals surface area contributed by atoms with E-state index in [4.69, 9.17) is 9.47 Å². The van der Waals surface area contributed by atoms with Crippen LogP contribution in [0.25, 0.3) is 5.70 Å². The number of ether oxygens (including phenoxy) is 2. The Labute approximate surface area is 201 Å². The number of carbonyl (C=O) groups is 1. The highest BCUT2D eigenvalue weighted by molar-refractivity contribution is 6.02. The van der Waals surface area contributed by atoms with Crippen molar-refractivity contribution in [2.75, 3.05) is 11.9 Å². The fourth-order valence-electron chi connectivity index (χ4n) is 4.05. The topological polar surface area (TPSA) is 78.3 Å². The van der Waals surface area contributed by atoms with Gasteiger partial charge in [0.1, 0.15) is 30.5 Å². The van der Waals surface area contributed by atoms with Gasteiger partial charge in [-0.25, -0.2) is 13.9 Å². The number of aromatic nitrogens is 3. The largest absolute Gasteiger partial charge is 0.489 e. The van der Waals surface area contributed by atoms with E-state index in [1.807, 2.05) is 54.6 Å². The standard InChI is InChI=1S/C27H23FN4O3/c1-2-34-26(33)23-24(19-7-4-3-5-8-19)31-27-29-17-30-32(27)25(23)20-9-6-10-22(15-20)35-16-18-11-13-21(28)14-12-18/h3-15,17,25H,2,16H2,1H3,(H,29,30,31)/t25-/m0/s1. The summed E-state index contributed by atoms with van der Waals surface area (Å²) in [5.74, 6) is 0.386. The molecule has 0 spiro atoms. The van der Waals surface area contributed by atoms with E-state index in [0.29, 0.717) is 23.0 Å². The van der Waals surface area contributed by atoms with Gasteiger partial charge in [-0.15, -0.1) is 0 Å². The molecule has 2 heterocycles. The third-order valence-corrected chi connectivity index (χ3v) is 5.65. The summed E-state index contributed by atoms with van der Waals surface area (Å²) in [6.07, 6.45) is 1.45. The third kappa shape index (κ3) is 4.63. The zero-order chi connectivity index (χ0) is 24.2. The number of halogens is 1. The van der Waals surface area contributed by atoms with Crippen molar-refractivity contribution in [2.45, 2.75) is 19.6 Å². The van der Waals surface area contributed by atoms with Crippen LogP contribution >= 0.6 is 0 Å². The summed E-state index contributed by atoms with van der Waals surface area (Å²) in [5, 5.41) is 7.65. The van der Waals surface area contributed by atoms with Crippen molar-refractivity contribution in [2.24, 2.45) is 0 Å². The highest BCUT2D eigenvalue weighted by atomic mass is 19.1. The molecule has 1 aliphatic heterocycles. The smallest absolute Gasteiger partial charge is 0.338 e. The molecule has 1 aliphatic rings. The number of nitrogens with zero attached hydrogens (tertiary/aromatic N) is 3. The second-order valence-corrected chi connectivity index (χ2v) is 7.92. The molecule has 176 valence electrons. The van der Waals surface area contributed by atoms with Crippen molar-refractivity contribution in [3.05, 3.63) is 113 Å². The molecule has 1 aromatic heterocycles. The van der Waals surface area contributed by atoms with Gasteiger partial charge >= 0.3 is 5.97 Å². The minimum Gasteiger partial charge on any atom is -0.489 e. The Morgan fingerprint density at radius 1 is 1.06 bits per heavy atom. The Morgan fingerprint density at radius 3 is 2.63 bits per heavy atom. The number of rotatable bonds is 7. The van der Waals surface area contributed by atoms with Crippen LogP contribution < -0.4 is 10.1 Å². The molecule has 4 aromatic rings. The first-order valence-electron chi connectivity index (χ1n) is 11.2. The van der Waals surface area contributed by atoms with Crippen LogP contribution in [0.3, 0.4) is 0 Å². The first-order chi connectivity index (χ1) is 17.1. The molecule has 1 atom stereocenters. The van der Waals surface area contributed by atoms with E-state index in [-0.39, 0.29) is 19.0 Å². The van der Waals surface area contributed by atoms with E-state index in [1.54, 1.807) is 23.7 Å². The Balaban J connectivity index is 1.56. The maximum Gasteiger partial charge on any atom is 0.338 e. The van der Waals surface area contributed by atoms with Crippen molar-refractivity contribution in [1.82, 2.24) is 14.8 Å². The van der Waals surface area contributed by atoms with Gasteiger partial charge in [-0.1, -0.05) is 54.6 Å². The molecule has 0 amide bonds. The normalized spacial score (nSPS) is 14.7. The number of nitrogens with one attached hydrogen (secondary N) is 1. The van der Waals surface area contributed by atoms with E-state index < -0.39 is 12.0 Å². The summed E-state index contributed by atoms with van der Waals surface area (Å²) < 4.78 is 26.3. The van der Waals surface area contributed by atoms with Crippen molar-refractivity contribution in [3.8, 4) is 5.75 Å². The quantitative estimate of drug-likeness (QED) is 0.384. The minimum atomic E-state index is -0.586. The number of carbonyl (C=O) groups excluding carboxylic acids is 1. The number of esters is 1. The monoisotopic (exact) mass is 470 g/mol. The van der Waals surface area contributed by atoms with Gasteiger partial charge in [0, 0.05) is 0 Å². The molecule has 35 heavy (non-hydrogen) atoms. The fourth-order valence-corrected chi connectivity index (χ4v) is 4.05. The second kappa shape index (κ2) is 9.80. The molecule has 0 saturated heterocycles. The van der Waals surface area contributed by atoms with E-state index in [0.717, 1.165) is 16.7 Å². The van der Waals surface area contributed by atoms with Gasteiger partial charge in [-0.2, -0.15) is 10.1 Å². The van der Waals surface area contributed by atoms with Crippen LogP contribution in [-0.4, -0.2) is 27.3 Å². The van der Waals surface area contributed by atoms with Gasteiger partial charge in [0.15, 0.2) is 0 Å². The Hall–Kier alpha value is -4.46. The number of benzene rings is 3. The summed E-state index contributed by atoms with van der Waals surface area (Å²) in [7, 11) is 0. The molecule has 0 aliphatic carbocycles. The molecule has 8 heteroatoms. The van der Waals surface area contributed by atoms with Crippen molar-refractivity contribution < 1.29 is 18.7 Å². The zero-order valence-electron chi connectivity index (χ0n) is 19.0. The lowest BCUT2D eigenvalue weighted by Gasteiger charge is -2.29. The van der Waals surface area contributed by atoms with Crippen LogP contribution in [0.4, 0.5) is 10.3 Å². The molecule has 1 N–H and O–H groups in total. The van der Waals surface area contributed by atoms with E-state index >= 15 is 0 Å². The number of anilines is 1. The highest BCUT2D eigenvalue weighted by Gasteiger charge is 2.36. The van der Waals surface area contributed by atoms with E-state index in [2.05, 4.69) is 15.4 Å². The van der Waals surface area contributed by atoms with Crippen molar-refractivity contribution >= 4 is 17.6 Å². The fraction of sp³-hybridized carbons (Fsp3) is 0.148. The summed E-state index contributed by atoms with van der Waals surface area (Å²) >= 11 is 0. The van der Waals surface area contributed by atoms with Crippen LogP contribution in [0.5, 0.6) is 5.75 Å². The van der Waals surface area contributed by atoms with Crippen LogP contribution in [0.15, 0.2) is 90.8 Å². The van der Waals surface area contributed by atoms with E-state index in [9.17, 15) is 9.18 Å². The lowest BCUT2D eigenvalue weighted by atomic mass is 9.93. The first-order valence-corrected chi connectivity index (χ1v) is 11.2. The number of fused-ring (bicyclic) bond motifs is 1. The predicted molar refractivity (Wildman–Crippen MR) is 129 cm³/mol. The SMILES string of the molecule is CCOC(=O)C1=C(c2ccccc2)Nc2ncnn2[C@H]1c1cccc(OCc2ccc(F)cc2)c1. The molecule has 0 fully saturated rings. The van der Waals surface area contributed by atoms with E-state index in [1.165, 1.54) is 18.5 Å². The maximum absolute atomic E-state index is 13.3. The zero-order valence-corrected chi connectivity index (χ0v) is 19.0. The molecule has 0 bridgehead atoms. The summed E-state index contributed by atoms with van der Waals surface area (Å²) in [5.41, 5.74) is 3.50. The molecule has 7 nitrogen and oxygen atoms in total. The van der Waals surface area contributed by atoms with Crippen molar-refractivity contribution in [3.63, 3.8) is 0 Å². The lowest BCUT2D eigenvalue weighted by Crippen LogP contribution is -2.30. The molecule has 0 saturated carbocycles. The predicted octanol–water partition coefficient (Wildman–Crippen LogP) is 4.99.